The van der Waals surface area contributed by atoms with Crippen molar-refractivity contribution in [3.8, 4) is 24.7 Å². The highest BCUT2D eigenvalue weighted by atomic mass is 79.9. The van der Waals surface area contributed by atoms with Gasteiger partial charge in [-0.3, -0.25) is 0 Å². The van der Waals surface area contributed by atoms with Crippen LogP contribution in [0.3, 0.4) is 0 Å². The van der Waals surface area contributed by atoms with Gasteiger partial charge < -0.3 is 62.2 Å². The van der Waals surface area contributed by atoms with E-state index in [1.165, 1.54) is 37.1 Å². The van der Waals surface area contributed by atoms with Crippen LogP contribution in [-0.2, 0) is 20.3 Å². The normalized spacial score (nSPS) is 47.7. The zero-order valence-electron chi connectivity index (χ0n) is 29.5. The fraction of sp³-hybridized carbons (Fsp3) is 0.545. The molecule has 0 amide bonds. The first kappa shape index (κ1) is 32.8. The molecule has 0 radical (unpaired) electrons. The molecule has 2 spiro atoms. The number of benzene rings is 2. The molecule has 6 nitrogen and oxygen atoms in total. The molecule has 13 rings (SSSR count). The van der Waals surface area contributed by atoms with Gasteiger partial charge in [0.25, 0.3) is 0 Å². The van der Waals surface area contributed by atoms with E-state index in [1.807, 2.05) is 0 Å². The molecule has 11 aliphatic rings. The largest absolute Gasteiger partial charge is 1.00 e. The summed E-state index contributed by atoms with van der Waals surface area (Å²) in [6.07, 6.45) is 22.3. The molecule has 268 valence electrons. The van der Waals surface area contributed by atoms with Gasteiger partial charge in [-0.15, -0.1) is 12.8 Å². The third-order valence-corrected chi connectivity index (χ3v) is 17.3. The van der Waals surface area contributed by atoms with E-state index in [2.05, 4.69) is 82.3 Å². The molecule has 7 fully saturated rings. The van der Waals surface area contributed by atoms with Gasteiger partial charge >= 0.3 is 0 Å². The minimum atomic E-state index is -0.00209. The lowest BCUT2D eigenvalue weighted by molar-refractivity contribution is -0.936. The summed E-state index contributed by atoms with van der Waals surface area (Å²) < 4.78 is 17.1. The minimum Gasteiger partial charge on any atom is -1.00 e. The molecule has 8 heteroatoms. The van der Waals surface area contributed by atoms with Gasteiger partial charge in [0, 0.05) is 60.7 Å². The zero-order chi connectivity index (χ0) is 32.8. The Kier molecular flexibility index (Phi) is 6.69. The van der Waals surface area contributed by atoms with Gasteiger partial charge in [-0.25, -0.2) is 0 Å². The topological polar surface area (TPSA) is 24.9 Å². The van der Waals surface area contributed by atoms with Crippen LogP contribution in [0.2, 0.25) is 0 Å². The Bertz CT molecular complexity index is 1930. The summed E-state index contributed by atoms with van der Waals surface area (Å²) in [6, 6.07) is 20.8. The van der Waals surface area contributed by atoms with E-state index in [1.54, 1.807) is 22.3 Å². The van der Waals surface area contributed by atoms with Gasteiger partial charge in [-0.1, -0.05) is 48.6 Å². The minimum absolute atomic E-state index is 0. The number of halogens is 2. The van der Waals surface area contributed by atoms with E-state index in [0.29, 0.717) is 61.1 Å². The molecule has 14 atom stereocenters. The Hall–Kier alpha value is -2.56. The Labute approximate surface area is 328 Å². The van der Waals surface area contributed by atoms with Crippen LogP contribution < -0.4 is 43.8 Å². The average molecular weight is 823 g/mol. The maximum atomic E-state index is 7.48. The third-order valence-electron chi connectivity index (χ3n) is 17.3. The van der Waals surface area contributed by atoms with Crippen LogP contribution in [0.4, 0.5) is 11.4 Å². The molecule has 0 aromatic heterocycles. The number of ether oxygens (including phenoxy) is 2. The van der Waals surface area contributed by atoms with E-state index in [4.69, 9.17) is 22.3 Å². The fourth-order valence-corrected chi connectivity index (χ4v) is 16.2. The second-order valence-corrected chi connectivity index (χ2v) is 18.1. The van der Waals surface area contributed by atoms with Crippen LogP contribution in [0, 0.1) is 48.4 Å². The third kappa shape index (κ3) is 3.32. The van der Waals surface area contributed by atoms with E-state index in [0.717, 1.165) is 48.2 Å². The van der Waals surface area contributed by atoms with Gasteiger partial charge in [0.05, 0.1) is 49.2 Å². The van der Waals surface area contributed by atoms with Crippen LogP contribution in [-0.4, -0.2) is 98.1 Å². The number of hydrogen-bond acceptors (Lipinski definition) is 4. The van der Waals surface area contributed by atoms with Crippen molar-refractivity contribution in [1.82, 2.24) is 0 Å². The monoisotopic (exact) mass is 820 g/mol. The SMILES string of the molecule is C#CC[N+]12CC[C@@]34c5ccccc5N5[C@@H]6OCC=C7C[N+]8(CC#C)CC[C@]9%10c%11ccccc%11N([C@@H]%11OCC=C(C1)[C@H](C[C@@H]32)[C@@H]%11[C@H]54)[C@H]9[C@H]6[C@H]7C[C@@H]%108.[Br-].[Br-]. The van der Waals surface area contributed by atoms with Gasteiger partial charge in [0.1, 0.15) is 50.7 Å². The standard InChI is InChI=1S/C44H46N4O2.2BrH/c1-3-17-47-19-15-43-31-9-5-7-11-33(31)45-39(43)37-29(23-35(43)47)27(25-47)13-21-49-41(37)46-34-12-8-6-10-32(34)44-16-20-48(18-4-2)26-28-14-22-50-42(45)38(40(44)46)30(28)24-36(44)48;;/h1-2,5-14,29-30,35-42H,15-26H2;2*1H/q+2;;/p-2/t29-,30-,35-,36-,37+,38+,39-,40-,41+,42+,43+,44+,47?,48?;;/m0../s1. The number of nitrogens with zero attached hydrogens (tertiary/aromatic N) is 4. The van der Waals surface area contributed by atoms with Crippen LogP contribution >= 0.6 is 0 Å². The van der Waals surface area contributed by atoms with Gasteiger partial charge in [0.15, 0.2) is 0 Å². The molecule has 4 bridgehead atoms. The summed E-state index contributed by atoms with van der Waals surface area (Å²) in [5.41, 5.74) is 9.30. The van der Waals surface area contributed by atoms with Gasteiger partial charge in [-0.05, 0) is 46.2 Å². The fourth-order valence-electron chi connectivity index (χ4n) is 16.2. The number of quaternary nitrogens is 2. The maximum Gasteiger partial charge on any atom is 0.141 e. The number of anilines is 2. The average Bonchev–Trinajstić information content (AvgIpc) is 3.75. The predicted octanol–water partition coefficient (Wildman–Crippen LogP) is -1.43. The molecule has 2 saturated carbocycles. The molecule has 2 aromatic carbocycles. The Morgan fingerprint density at radius 2 is 1.12 bits per heavy atom. The maximum absolute atomic E-state index is 7.48. The van der Waals surface area contributed by atoms with Crippen molar-refractivity contribution in [1.29, 1.82) is 0 Å². The summed E-state index contributed by atoms with van der Waals surface area (Å²) in [4.78, 5) is 5.87. The summed E-state index contributed by atoms with van der Waals surface area (Å²) in [5.74, 6) is 8.03. The number of rotatable bonds is 2. The highest BCUT2D eigenvalue weighted by Crippen LogP contribution is 2.72. The number of piperidine rings is 2. The molecule has 2 aliphatic carbocycles. The molecule has 9 heterocycles. The first-order valence-electron chi connectivity index (χ1n) is 19.6. The highest BCUT2D eigenvalue weighted by Gasteiger charge is 2.80. The molecular formula is C44H46Br2N4O2. The quantitative estimate of drug-likeness (QED) is 0.211. The predicted molar refractivity (Wildman–Crippen MR) is 192 cm³/mol. The smallest absolute Gasteiger partial charge is 0.141 e. The highest BCUT2D eigenvalue weighted by molar-refractivity contribution is 5.72. The Morgan fingerprint density at radius 3 is 1.56 bits per heavy atom. The first-order valence-corrected chi connectivity index (χ1v) is 19.6. The van der Waals surface area contributed by atoms with E-state index < -0.39 is 0 Å². The summed E-state index contributed by atoms with van der Waals surface area (Å²) in [5, 5.41) is 0. The molecule has 9 aliphatic heterocycles. The van der Waals surface area contributed by atoms with E-state index in [-0.39, 0.29) is 57.2 Å². The second-order valence-electron chi connectivity index (χ2n) is 18.1. The lowest BCUT2D eigenvalue weighted by atomic mass is 9.52. The summed E-state index contributed by atoms with van der Waals surface area (Å²) in [6.45, 7) is 7.49. The lowest BCUT2D eigenvalue weighted by Crippen LogP contribution is -3.00. The van der Waals surface area contributed by atoms with Crippen molar-refractivity contribution in [3.63, 3.8) is 0 Å². The van der Waals surface area contributed by atoms with Crippen molar-refractivity contribution in [2.45, 2.75) is 73.1 Å². The van der Waals surface area contributed by atoms with Crippen molar-refractivity contribution in [3.05, 3.63) is 83.0 Å². The van der Waals surface area contributed by atoms with Crippen molar-refractivity contribution in [2.75, 3.05) is 62.3 Å². The van der Waals surface area contributed by atoms with Crippen LogP contribution in [0.1, 0.15) is 36.8 Å². The number of para-hydroxylation sites is 2. The first-order chi connectivity index (χ1) is 24.6. The Morgan fingerprint density at radius 1 is 0.673 bits per heavy atom. The van der Waals surface area contributed by atoms with Crippen LogP contribution in [0.15, 0.2) is 71.8 Å². The molecule has 52 heavy (non-hydrogen) atoms. The van der Waals surface area contributed by atoms with Crippen molar-refractivity contribution < 1.29 is 52.4 Å². The van der Waals surface area contributed by atoms with Crippen LogP contribution in [0.25, 0.3) is 0 Å². The van der Waals surface area contributed by atoms with Gasteiger partial charge in [0.2, 0.25) is 0 Å². The number of terminal acetylenes is 2. The van der Waals surface area contributed by atoms with Crippen LogP contribution in [0.5, 0.6) is 0 Å². The molecule has 0 N–H and O–H groups in total. The summed E-state index contributed by atoms with van der Waals surface area (Å²) >= 11 is 0. The Balaban J connectivity index is 0.00000160. The lowest BCUT2D eigenvalue weighted by Gasteiger charge is -2.65. The zero-order valence-corrected chi connectivity index (χ0v) is 32.7. The molecule has 2 unspecified atom stereocenters. The van der Waals surface area contributed by atoms with Gasteiger partial charge in [-0.2, -0.15) is 0 Å². The number of hydrogen-bond donors (Lipinski definition) is 0. The number of fused-ring (bicyclic) bond motifs is 6. The van der Waals surface area contributed by atoms with E-state index in [9.17, 15) is 0 Å². The summed E-state index contributed by atoms with van der Waals surface area (Å²) in [7, 11) is 0. The van der Waals surface area contributed by atoms with Crippen molar-refractivity contribution in [2.24, 2.45) is 23.7 Å². The molecule has 2 aromatic rings. The second kappa shape index (κ2) is 10.6. The van der Waals surface area contributed by atoms with Crippen molar-refractivity contribution >= 4 is 11.4 Å². The molecular weight excluding hydrogens is 776 g/mol. The van der Waals surface area contributed by atoms with E-state index >= 15 is 0 Å². The molecule has 5 saturated heterocycles.